The summed E-state index contributed by atoms with van der Waals surface area (Å²) in [5.74, 6) is 0.962. The van der Waals surface area contributed by atoms with Gasteiger partial charge in [-0.25, -0.2) is 14.4 Å². The van der Waals surface area contributed by atoms with Crippen molar-refractivity contribution >= 4 is 16.7 Å². The molecule has 0 atom stereocenters. The van der Waals surface area contributed by atoms with Gasteiger partial charge in [0.25, 0.3) is 0 Å². The number of aromatic nitrogens is 2. The minimum Gasteiger partial charge on any atom is -0.369 e. The van der Waals surface area contributed by atoms with E-state index in [0.717, 1.165) is 19.6 Å². The van der Waals surface area contributed by atoms with Gasteiger partial charge in [-0.15, -0.1) is 0 Å². The Morgan fingerprint density at radius 2 is 2.10 bits per heavy atom. The number of benzene rings is 1. The first kappa shape index (κ1) is 13.2. The van der Waals surface area contributed by atoms with E-state index in [0.29, 0.717) is 22.6 Å². The summed E-state index contributed by atoms with van der Waals surface area (Å²) in [5, 5.41) is 3.79. The van der Waals surface area contributed by atoms with Gasteiger partial charge in [0.15, 0.2) is 0 Å². The van der Waals surface area contributed by atoms with Crippen LogP contribution in [0.1, 0.15) is 12.8 Å². The lowest BCUT2D eigenvalue weighted by atomic mass is 9.97. The summed E-state index contributed by atoms with van der Waals surface area (Å²) in [6, 6.07) is 4.93. The fraction of sp³-hybridized carbons (Fsp3) is 0.467. The standard InChI is InChI=1S/C15H19FN4/c1-20-7-5-11(6-8-20)9-17-15-14-12(16)3-2-4-13(14)18-10-19-15/h2-4,10-11H,5-9H2,1H3,(H,17,18,19). The molecule has 1 aromatic heterocycles. The average Bonchev–Trinajstić information content (AvgIpc) is 2.47. The van der Waals surface area contributed by atoms with E-state index in [1.54, 1.807) is 12.1 Å². The normalized spacial score (nSPS) is 17.5. The molecule has 0 saturated carbocycles. The molecule has 106 valence electrons. The van der Waals surface area contributed by atoms with Crippen LogP contribution in [-0.2, 0) is 0 Å². The summed E-state index contributed by atoms with van der Waals surface area (Å²) in [7, 11) is 2.15. The van der Waals surface area contributed by atoms with Gasteiger partial charge in [-0.05, 0) is 51.0 Å². The topological polar surface area (TPSA) is 41.0 Å². The summed E-state index contributed by atoms with van der Waals surface area (Å²) >= 11 is 0. The Morgan fingerprint density at radius 3 is 2.90 bits per heavy atom. The van der Waals surface area contributed by atoms with Gasteiger partial charge >= 0.3 is 0 Å². The molecule has 1 saturated heterocycles. The summed E-state index contributed by atoms with van der Waals surface area (Å²) in [6.07, 6.45) is 3.84. The maximum atomic E-state index is 13.9. The second-order valence-electron chi connectivity index (χ2n) is 5.48. The highest BCUT2D eigenvalue weighted by Crippen LogP contribution is 2.23. The molecule has 1 N–H and O–H groups in total. The van der Waals surface area contributed by atoms with Gasteiger partial charge in [0.2, 0.25) is 0 Å². The van der Waals surface area contributed by atoms with Gasteiger partial charge in [0, 0.05) is 6.54 Å². The molecule has 0 unspecified atom stereocenters. The molecule has 4 nitrogen and oxygen atoms in total. The number of anilines is 1. The Hall–Kier alpha value is -1.75. The number of nitrogens with one attached hydrogen (secondary N) is 1. The second kappa shape index (κ2) is 5.71. The summed E-state index contributed by atoms with van der Waals surface area (Å²) in [4.78, 5) is 10.6. The molecule has 0 radical (unpaired) electrons. The molecule has 0 bridgehead atoms. The van der Waals surface area contributed by atoms with Crippen LogP contribution in [0.5, 0.6) is 0 Å². The first-order valence-electron chi connectivity index (χ1n) is 7.05. The lowest BCUT2D eigenvalue weighted by Crippen LogP contribution is -2.33. The van der Waals surface area contributed by atoms with Gasteiger partial charge in [-0.1, -0.05) is 6.07 Å². The van der Waals surface area contributed by atoms with Crippen molar-refractivity contribution < 1.29 is 4.39 Å². The van der Waals surface area contributed by atoms with E-state index in [2.05, 4.69) is 27.2 Å². The molecule has 1 aliphatic rings. The summed E-state index contributed by atoms with van der Waals surface area (Å²) in [6.45, 7) is 3.10. The van der Waals surface area contributed by atoms with Crippen molar-refractivity contribution in [2.24, 2.45) is 5.92 Å². The maximum absolute atomic E-state index is 13.9. The van der Waals surface area contributed by atoms with Crippen LogP contribution in [0.3, 0.4) is 0 Å². The van der Waals surface area contributed by atoms with Crippen LogP contribution >= 0.6 is 0 Å². The fourth-order valence-corrected chi connectivity index (χ4v) is 2.71. The van der Waals surface area contributed by atoms with Crippen molar-refractivity contribution in [2.75, 3.05) is 32.0 Å². The summed E-state index contributed by atoms with van der Waals surface area (Å²) in [5.41, 5.74) is 0.644. The summed E-state index contributed by atoms with van der Waals surface area (Å²) < 4.78 is 13.9. The molecule has 1 aliphatic heterocycles. The number of fused-ring (bicyclic) bond motifs is 1. The van der Waals surface area contributed by atoms with E-state index in [1.165, 1.54) is 25.2 Å². The fourth-order valence-electron chi connectivity index (χ4n) is 2.71. The quantitative estimate of drug-likeness (QED) is 0.933. The van der Waals surface area contributed by atoms with E-state index >= 15 is 0 Å². The van der Waals surface area contributed by atoms with Crippen LogP contribution in [0, 0.1) is 11.7 Å². The van der Waals surface area contributed by atoms with E-state index in [-0.39, 0.29) is 5.82 Å². The van der Waals surface area contributed by atoms with Crippen molar-refractivity contribution in [1.29, 1.82) is 0 Å². The minimum atomic E-state index is -0.269. The molecular formula is C15H19FN4. The lowest BCUT2D eigenvalue weighted by Gasteiger charge is -2.29. The van der Waals surface area contributed by atoms with Crippen molar-refractivity contribution in [2.45, 2.75) is 12.8 Å². The molecule has 0 spiro atoms. The molecule has 5 heteroatoms. The minimum absolute atomic E-state index is 0.269. The monoisotopic (exact) mass is 274 g/mol. The Morgan fingerprint density at radius 1 is 1.30 bits per heavy atom. The third-order valence-electron chi connectivity index (χ3n) is 4.01. The zero-order valence-corrected chi connectivity index (χ0v) is 11.6. The molecule has 2 heterocycles. The lowest BCUT2D eigenvalue weighted by molar-refractivity contribution is 0.226. The van der Waals surface area contributed by atoms with Gasteiger partial charge in [0.1, 0.15) is 18.0 Å². The van der Waals surface area contributed by atoms with Crippen molar-refractivity contribution in [1.82, 2.24) is 14.9 Å². The molecule has 1 fully saturated rings. The molecule has 2 aromatic rings. The highest BCUT2D eigenvalue weighted by Gasteiger charge is 2.17. The molecular weight excluding hydrogens is 255 g/mol. The number of nitrogens with zero attached hydrogens (tertiary/aromatic N) is 3. The van der Waals surface area contributed by atoms with E-state index in [9.17, 15) is 4.39 Å². The Kier molecular flexibility index (Phi) is 3.78. The van der Waals surface area contributed by atoms with Crippen LogP contribution < -0.4 is 5.32 Å². The molecule has 1 aromatic carbocycles. The number of likely N-dealkylation sites (tertiary alicyclic amines) is 1. The average molecular weight is 274 g/mol. The highest BCUT2D eigenvalue weighted by molar-refractivity contribution is 5.89. The molecule has 0 aliphatic carbocycles. The SMILES string of the molecule is CN1CCC(CNc2ncnc3cccc(F)c23)CC1. The highest BCUT2D eigenvalue weighted by atomic mass is 19.1. The Bertz CT molecular complexity index is 588. The zero-order chi connectivity index (χ0) is 13.9. The number of rotatable bonds is 3. The number of hydrogen-bond donors (Lipinski definition) is 1. The van der Waals surface area contributed by atoms with Crippen molar-refractivity contribution in [3.63, 3.8) is 0 Å². The molecule has 20 heavy (non-hydrogen) atoms. The first-order valence-corrected chi connectivity index (χ1v) is 7.05. The van der Waals surface area contributed by atoms with Gasteiger partial charge in [-0.3, -0.25) is 0 Å². The van der Waals surface area contributed by atoms with Crippen molar-refractivity contribution in [3.05, 3.63) is 30.3 Å². The second-order valence-corrected chi connectivity index (χ2v) is 5.48. The van der Waals surface area contributed by atoms with Crippen LogP contribution in [0.4, 0.5) is 10.2 Å². The third-order valence-corrected chi connectivity index (χ3v) is 4.01. The molecule has 0 amide bonds. The third kappa shape index (κ3) is 2.72. The van der Waals surface area contributed by atoms with Gasteiger partial charge in [-0.2, -0.15) is 0 Å². The number of hydrogen-bond acceptors (Lipinski definition) is 4. The first-order chi connectivity index (χ1) is 9.74. The Balaban J connectivity index is 1.74. The van der Waals surface area contributed by atoms with Crippen LogP contribution in [0.25, 0.3) is 10.9 Å². The van der Waals surface area contributed by atoms with Crippen LogP contribution in [0.2, 0.25) is 0 Å². The van der Waals surface area contributed by atoms with E-state index in [1.807, 2.05) is 0 Å². The van der Waals surface area contributed by atoms with Crippen molar-refractivity contribution in [3.8, 4) is 0 Å². The van der Waals surface area contributed by atoms with E-state index in [4.69, 9.17) is 0 Å². The zero-order valence-electron chi connectivity index (χ0n) is 11.6. The smallest absolute Gasteiger partial charge is 0.140 e. The van der Waals surface area contributed by atoms with Crippen LogP contribution in [0.15, 0.2) is 24.5 Å². The predicted molar refractivity (Wildman–Crippen MR) is 78.2 cm³/mol. The number of halogens is 1. The van der Waals surface area contributed by atoms with Gasteiger partial charge < -0.3 is 10.2 Å². The predicted octanol–water partition coefficient (Wildman–Crippen LogP) is 2.52. The Labute approximate surface area is 118 Å². The maximum Gasteiger partial charge on any atom is 0.140 e. The molecule has 3 rings (SSSR count). The van der Waals surface area contributed by atoms with Crippen LogP contribution in [-0.4, -0.2) is 41.5 Å². The van der Waals surface area contributed by atoms with Gasteiger partial charge in [0.05, 0.1) is 10.9 Å². The van der Waals surface area contributed by atoms with E-state index < -0.39 is 0 Å². The number of piperidine rings is 1. The largest absolute Gasteiger partial charge is 0.369 e.